The zero-order chi connectivity index (χ0) is 19.3. The lowest BCUT2D eigenvalue weighted by Gasteiger charge is -2.42. The number of benzene rings is 2. The molecule has 4 atom stereocenters. The van der Waals surface area contributed by atoms with E-state index in [-0.39, 0.29) is 18.2 Å². The third-order valence-electron chi connectivity index (χ3n) is 6.50. The summed E-state index contributed by atoms with van der Waals surface area (Å²) in [5.41, 5.74) is 2.39. The third kappa shape index (κ3) is 3.84. The smallest absolute Gasteiger partial charge is 0.123 e. The fourth-order valence-corrected chi connectivity index (χ4v) is 6.32. The van der Waals surface area contributed by atoms with Crippen molar-refractivity contribution in [2.75, 3.05) is 7.05 Å². The molecular weight excluding hydrogens is 426 g/mol. The number of aromatic nitrogens is 1. The van der Waals surface area contributed by atoms with Gasteiger partial charge in [0.2, 0.25) is 0 Å². The molecule has 1 aromatic heterocycles. The minimum atomic E-state index is -0.206. The van der Waals surface area contributed by atoms with Crippen molar-refractivity contribution in [3.8, 4) is 10.4 Å². The summed E-state index contributed by atoms with van der Waals surface area (Å²) in [6.45, 7) is 0. The van der Waals surface area contributed by atoms with Gasteiger partial charge in [-0.3, -0.25) is 4.90 Å². The van der Waals surface area contributed by atoms with E-state index >= 15 is 0 Å². The number of piperidine rings is 1. The van der Waals surface area contributed by atoms with E-state index in [0.29, 0.717) is 23.9 Å². The number of thiazole rings is 1. The van der Waals surface area contributed by atoms with Crippen molar-refractivity contribution < 1.29 is 4.39 Å². The normalized spacial score (nSPS) is 26.3. The van der Waals surface area contributed by atoms with Crippen molar-refractivity contribution in [1.82, 2.24) is 9.88 Å². The van der Waals surface area contributed by atoms with E-state index in [1.165, 1.54) is 35.5 Å². The van der Waals surface area contributed by atoms with Gasteiger partial charge in [0.05, 0.1) is 9.88 Å². The van der Waals surface area contributed by atoms with Crippen LogP contribution in [0.25, 0.3) is 10.4 Å². The number of hydrogen-bond acceptors (Lipinski definition) is 3. The maximum atomic E-state index is 13.3. The first kappa shape index (κ1) is 20.8. The monoisotopic (exact) mass is 448 g/mol. The molecule has 6 heteroatoms. The van der Waals surface area contributed by atoms with Crippen LogP contribution in [0.4, 0.5) is 4.39 Å². The highest BCUT2D eigenvalue weighted by Crippen LogP contribution is 2.52. The number of likely N-dealkylation sites (N-methyl/N-ethyl adjacent to an activating group) is 1. The molecule has 2 fully saturated rings. The first-order chi connectivity index (χ1) is 13.6. The van der Waals surface area contributed by atoms with Crippen LogP contribution < -0.4 is 0 Å². The van der Waals surface area contributed by atoms with Crippen LogP contribution in [-0.4, -0.2) is 29.0 Å². The Labute approximate surface area is 186 Å². The Morgan fingerprint density at radius 2 is 1.79 bits per heavy atom. The molecule has 2 aliphatic heterocycles. The minimum absolute atomic E-state index is 0. The van der Waals surface area contributed by atoms with Gasteiger partial charge in [0.15, 0.2) is 0 Å². The fraction of sp³-hybridized carbons (Fsp3) is 0.348. The summed E-state index contributed by atoms with van der Waals surface area (Å²) in [5, 5.41) is 1.97. The Balaban J connectivity index is 0.00000205. The standard InChI is InChI=1S/C23H22ClFN2S.ClH/c1-27-18-10-11-20(27)22(19(12-18)14-2-6-16(24)7-3-14)23-26-13-21(28-23)15-4-8-17(25)9-5-15;/h2-9,13,18-20,22H,10-12H2,1H3;1H/t18-,19+,20+,22-;/m0./s1. The van der Waals surface area contributed by atoms with Gasteiger partial charge in [-0.2, -0.15) is 0 Å². The molecule has 0 N–H and O–H groups in total. The molecule has 0 radical (unpaired) electrons. The Kier molecular flexibility index (Phi) is 5.99. The lowest BCUT2D eigenvalue weighted by atomic mass is 9.76. The molecule has 0 spiro atoms. The second kappa shape index (κ2) is 8.35. The molecule has 2 bridgehead atoms. The maximum absolute atomic E-state index is 13.3. The SMILES string of the molecule is CN1[C@H]2CC[C@@H]1[C@@H](c1ncc(-c3ccc(F)cc3)s1)[C@@H](c1ccc(Cl)cc1)C2.Cl. The molecule has 0 amide bonds. The summed E-state index contributed by atoms with van der Waals surface area (Å²) < 4.78 is 13.3. The van der Waals surface area contributed by atoms with E-state index in [2.05, 4.69) is 24.1 Å². The average Bonchev–Trinajstić information content (AvgIpc) is 3.26. The lowest BCUT2D eigenvalue weighted by Crippen LogP contribution is -2.44. The predicted molar refractivity (Wildman–Crippen MR) is 121 cm³/mol. The highest BCUT2D eigenvalue weighted by molar-refractivity contribution is 7.15. The molecule has 29 heavy (non-hydrogen) atoms. The molecule has 0 saturated carbocycles. The van der Waals surface area contributed by atoms with Crippen LogP contribution >= 0.6 is 35.3 Å². The van der Waals surface area contributed by atoms with Crippen LogP contribution in [0.15, 0.2) is 54.7 Å². The van der Waals surface area contributed by atoms with E-state index in [1.54, 1.807) is 11.3 Å². The average molecular weight is 449 g/mol. The minimum Gasteiger partial charge on any atom is -0.300 e. The van der Waals surface area contributed by atoms with Gasteiger partial charge in [-0.1, -0.05) is 35.9 Å². The number of halogens is 3. The molecule has 3 aromatic rings. The van der Waals surface area contributed by atoms with Crippen LogP contribution in [0, 0.1) is 5.82 Å². The van der Waals surface area contributed by atoms with Gasteiger partial charge in [0.1, 0.15) is 5.82 Å². The van der Waals surface area contributed by atoms with Gasteiger partial charge in [-0.25, -0.2) is 9.37 Å². The van der Waals surface area contributed by atoms with Crippen LogP contribution in [0.2, 0.25) is 5.02 Å². The van der Waals surface area contributed by atoms with Crippen LogP contribution in [-0.2, 0) is 0 Å². The van der Waals surface area contributed by atoms with Crippen molar-refractivity contribution in [1.29, 1.82) is 0 Å². The van der Waals surface area contributed by atoms with Crippen LogP contribution in [0.5, 0.6) is 0 Å². The van der Waals surface area contributed by atoms with Gasteiger partial charge in [-0.15, -0.1) is 23.7 Å². The van der Waals surface area contributed by atoms with Crippen molar-refractivity contribution in [2.24, 2.45) is 0 Å². The van der Waals surface area contributed by atoms with Crippen molar-refractivity contribution >= 4 is 35.3 Å². The summed E-state index contributed by atoms with van der Waals surface area (Å²) in [5.74, 6) is 0.629. The second-order valence-electron chi connectivity index (χ2n) is 7.95. The van der Waals surface area contributed by atoms with E-state index in [1.807, 2.05) is 30.5 Å². The zero-order valence-corrected chi connectivity index (χ0v) is 18.5. The Morgan fingerprint density at radius 3 is 2.52 bits per heavy atom. The molecule has 5 rings (SSSR count). The summed E-state index contributed by atoms with van der Waals surface area (Å²) in [4.78, 5) is 8.52. The van der Waals surface area contributed by atoms with E-state index in [0.717, 1.165) is 21.9 Å². The Morgan fingerprint density at radius 1 is 1.07 bits per heavy atom. The van der Waals surface area contributed by atoms with E-state index in [4.69, 9.17) is 16.6 Å². The summed E-state index contributed by atoms with van der Waals surface area (Å²) in [6.07, 6.45) is 5.59. The van der Waals surface area contributed by atoms with Crippen LogP contribution in [0.1, 0.15) is 41.7 Å². The van der Waals surface area contributed by atoms with Gasteiger partial charge in [0.25, 0.3) is 0 Å². The number of hydrogen-bond donors (Lipinski definition) is 0. The Bertz CT molecular complexity index is 973. The number of nitrogens with zero attached hydrogens (tertiary/aromatic N) is 2. The predicted octanol–water partition coefficient (Wildman–Crippen LogP) is 6.76. The lowest BCUT2D eigenvalue weighted by molar-refractivity contribution is 0.137. The molecule has 2 saturated heterocycles. The Hall–Kier alpha value is -1.46. The largest absolute Gasteiger partial charge is 0.300 e. The topological polar surface area (TPSA) is 16.1 Å². The molecular formula is C23H23Cl2FN2S. The zero-order valence-electron chi connectivity index (χ0n) is 16.1. The van der Waals surface area contributed by atoms with Crippen molar-refractivity contribution in [3.63, 3.8) is 0 Å². The van der Waals surface area contributed by atoms with Gasteiger partial charge >= 0.3 is 0 Å². The first-order valence-electron chi connectivity index (χ1n) is 9.79. The second-order valence-corrected chi connectivity index (χ2v) is 9.45. The highest BCUT2D eigenvalue weighted by Gasteiger charge is 2.47. The number of rotatable bonds is 3. The molecule has 2 aliphatic rings. The summed E-state index contributed by atoms with van der Waals surface area (Å²) in [7, 11) is 2.27. The molecule has 152 valence electrons. The molecule has 2 aromatic carbocycles. The van der Waals surface area contributed by atoms with E-state index < -0.39 is 0 Å². The molecule has 2 nitrogen and oxygen atoms in total. The maximum Gasteiger partial charge on any atom is 0.123 e. The fourth-order valence-electron chi connectivity index (χ4n) is 5.05. The third-order valence-corrected chi connectivity index (χ3v) is 7.90. The van der Waals surface area contributed by atoms with E-state index in [9.17, 15) is 4.39 Å². The highest BCUT2D eigenvalue weighted by atomic mass is 35.5. The molecule has 0 aliphatic carbocycles. The van der Waals surface area contributed by atoms with Gasteiger partial charge < -0.3 is 0 Å². The first-order valence-corrected chi connectivity index (χ1v) is 11.0. The molecule has 0 unspecified atom stereocenters. The van der Waals surface area contributed by atoms with Crippen LogP contribution in [0.3, 0.4) is 0 Å². The van der Waals surface area contributed by atoms with Gasteiger partial charge in [-0.05, 0) is 67.6 Å². The number of fused-ring (bicyclic) bond motifs is 2. The van der Waals surface area contributed by atoms with Gasteiger partial charge in [0, 0.05) is 29.2 Å². The molecule has 3 heterocycles. The van der Waals surface area contributed by atoms with Crippen molar-refractivity contribution in [3.05, 3.63) is 76.1 Å². The van der Waals surface area contributed by atoms with Crippen molar-refractivity contribution in [2.45, 2.75) is 43.2 Å². The quantitative estimate of drug-likeness (QED) is 0.439. The summed E-state index contributed by atoms with van der Waals surface area (Å²) >= 11 is 7.89. The summed E-state index contributed by atoms with van der Waals surface area (Å²) in [6, 6.07) is 16.2.